The van der Waals surface area contributed by atoms with Crippen LogP contribution in [0.2, 0.25) is 0 Å². The minimum absolute atomic E-state index is 0.178. The maximum absolute atomic E-state index is 11.8. The lowest BCUT2D eigenvalue weighted by Crippen LogP contribution is -2.40. The number of hydrogen-bond acceptors (Lipinski definition) is 4. The molecule has 0 aliphatic rings. The molecule has 0 spiro atoms. The predicted octanol–water partition coefficient (Wildman–Crippen LogP) is 2.62. The van der Waals surface area contributed by atoms with E-state index in [1.165, 1.54) is 13.8 Å². The highest BCUT2D eigenvalue weighted by molar-refractivity contribution is 5.91. The van der Waals surface area contributed by atoms with Gasteiger partial charge in [0.2, 0.25) is 5.60 Å². The smallest absolute Gasteiger partial charge is 0.350 e. The summed E-state index contributed by atoms with van der Waals surface area (Å²) >= 11 is 0. The van der Waals surface area contributed by atoms with Gasteiger partial charge in [0, 0.05) is 5.57 Å². The van der Waals surface area contributed by atoms with Crippen LogP contribution in [0.4, 0.5) is 0 Å². The molecule has 0 bridgehead atoms. The summed E-state index contributed by atoms with van der Waals surface area (Å²) in [7, 11) is 0. The van der Waals surface area contributed by atoms with Gasteiger partial charge in [-0.15, -0.1) is 0 Å². The second-order valence-electron chi connectivity index (χ2n) is 4.50. The van der Waals surface area contributed by atoms with E-state index in [-0.39, 0.29) is 6.10 Å². The van der Waals surface area contributed by atoms with E-state index in [0.717, 1.165) is 6.42 Å². The van der Waals surface area contributed by atoms with Crippen LogP contribution >= 0.6 is 0 Å². The summed E-state index contributed by atoms with van der Waals surface area (Å²) < 4.78 is 10.3. The fourth-order valence-corrected chi connectivity index (χ4v) is 0.880. The van der Waals surface area contributed by atoms with Gasteiger partial charge in [0.25, 0.3) is 0 Å². The summed E-state index contributed by atoms with van der Waals surface area (Å²) in [5, 5.41) is 0. The third kappa shape index (κ3) is 5.02. The normalized spacial score (nSPS) is 14.1. The first kappa shape index (κ1) is 15.7. The van der Waals surface area contributed by atoms with Gasteiger partial charge in [0.15, 0.2) is 0 Å². The maximum atomic E-state index is 11.8. The molecular weight excluding hydrogens is 220 g/mol. The topological polar surface area (TPSA) is 52.6 Å². The van der Waals surface area contributed by atoms with Gasteiger partial charge in [0.05, 0.1) is 6.10 Å². The number of allylic oxidation sites excluding steroid dienone is 1. The number of carbonyl (C=O) groups excluding carboxylic acids is 2. The Kier molecular flexibility index (Phi) is 5.93. The van der Waals surface area contributed by atoms with Crippen LogP contribution < -0.4 is 0 Å². The third-order valence-electron chi connectivity index (χ3n) is 2.48. The standard InChI is InChI=1S/C13H22O4/c1-7-9(3)11(14)17-13(5,6)12(15)16-10(4)8-2/h7,10H,8H2,1-6H3. The Bertz CT molecular complexity index is 315. The largest absolute Gasteiger partial charge is 0.460 e. The molecule has 0 aliphatic heterocycles. The lowest BCUT2D eigenvalue weighted by atomic mass is 10.1. The monoisotopic (exact) mass is 242 g/mol. The first-order valence-electron chi connectivity index (χ1n) is 5.82. The Hall–Kier alpha value is -1.32. The van der Waals surface area contributed by atoms with Crippen LogP contribution in [0.5, 0.6) is 0 Å². The van der Waals surface area contributed by atoms with Crippen molar-refractivity contribution in [3.05, 3.63) is 11.6 Å². The average molecular weight is 242 g/mol. The fourth-order valence-electron chi connectivity index (χ4n) is 0.880. The van der Waals surface area contributed by atoms with Crippen LogP contribution in [-0.2, 0) is 19.1 Å². The number of carbonyl (C=O) groups is 2. The third-order valence-corrected chi connectivity index (χ3v) is 2.48. The molecule has 0 heterocycles. The zero-order valence-corrected chi connectivity index (χ0v) is 11.5. The molecule has 0 saturated carbocycles. The number of ether oxygens (including phenoxy) is 2. The summed E-state index contributed by atoms with van der Waals surface area (Å²) in [6, 6.07) is 0. The molecule has 0 fully saturated rings. The van der Waals surface area contributed by atoms with Crippen molar-refractivity contribution in [3.8, 4) is 0 Å². The second-order valence-corrected chi connectivity index (χ2v) is 4.50. The Morgan fingerprint density at radius 1 is 1.35 bits per heavy atom. The van der Waals surface area contributed by atoms with Crippen LogP contribution in [0.3, 0.4) is 0 Å². The molecule has 0 radical (unpaired) electrons. The zero-order chi connectivity index (χ0) is 13.6. The van der Waals surface area contributed by atoms with Crippen molar-refractivity contribution in [1.29, 1.82) is 0 Å². The van der Waals surface area contributed by atoms with Gasteiger partial charge in [0.1, 0.15) is 0 Å². The van der Waals surface area contributed by atoms with Crippen molar-refractivity contribution in [1.82, 2.24) is 0 Å². The van der Waals surface area contributed by atoms with Gasteiger partial charge in [-0.25, -0.2) is 9.59 Å². The molecule has 0 aromatic heterocycles. The zero-order valence-electron chi connectivity index (χ0n) is 11.5. The summed E-state index contributed by atoms with van der Waals surface area (Å²) in [5.41, 5.74) is -0.792. The molecule has 17 heavy (non-hydrogen) atoms. The van der Waals surface area contributed by atoms with E-state index in [0.29, 0.717) is 5.57 Å². The molecule has 98 valence electrons. The minimum atomic E-state index is -1.26. The molecule has 0 rings (SSSR count). The maximum Gasteiger partial charge on any atom is 0.350 e. The molecule has 1 unspecified atom stereocenters. The first-order valence-corrected chi connectivity index (χ1v) is 5.82. The molecule has 0 saturated heterocycles. The van der Waals surface area contributed by atoms with Crippen molar-refractivity contribution in [2.24, 2.45) is 0 Å². The number of hydrogen-bond donors (Lipinski definition) is 0. The lowest BCUT2D eigenvalue weighted by molar-refractivity contribution is -0.179. The second kappa shape index (κ2) is 6.42. The highest BCUT2D eigenvalue weighted by Crippen LogP contribution is 2.16. The lowest BCUT2D eigenvalue weighted by Gasteiger charge is -2.25. The van der Waals surface area contributed by atoms with Crippen LogP contribution in [0.15, 0.2) is 11.6 Å². The van der Waals surface area contributed by atoms with Crippen molar-refractivity contribution in [2.75, 3.05) is 0 Å². The van der Waals surface area contributed by atoms with E-state index in [4.69, 9.17) is 9.47 Å². The van der Waals surface area contributed by atoms with E-state index < -0.39 is 17.5 Å². The molecule has 4 heteroatoms. The highest BCUT2D eigenvalue weighted by atomic mass is 16.6. The van der Waals surface area contributed by atoms with E-state index in [2.05, 4.69) is 0 Å². The Labute approximate surface area is 103 Å². The van der Waals surface area contributed by atoms with Gasteiger partial charge in [-0.1, -0.05) is 13.0 Å². The molecule has 0 amide bonds. The van der Waals surface area contributed by atoms with Gasteiger partial charge in [-0.2, -0.15) is 0 Å². The van der Waals surface area contributed by atoms with Crippen molar-refractivity contribution in [3.63, 3.8) is 0 Å². The van der Waals surface area contributed by atoms with Crippen molar-refractivity contribution in [2.45, 2.75) is 59.7 Å². The minimum Gasteiger partial charge on any atom is -0.460 e. The van der Waals surface area contributed by atoms with Crippen molar-refractivity contribution < 1.29 is 19.1 Å². The van der Waals surface area contributed by atoms with Gasteiger partial charge >= 0.3 is 11.9 Å². The average Bonchev–Trinajstić information content (AvgIpc) is 2.26. The van der Waals surface area contributed by atoms with Gasteiger partial charge in [-0.05, 0) is 41.0 Å². The van der Waals surface area contributed by atoms with E-state index in [9.17, 15) is 9.59 Å². The van der Waals surface area contributed by atoms with Crippen LogP contribution in [0.25, 0.3) is 0 Å². The summed E-state index contributed by atoms with van der Waals surface area (Å²) in [5.74, 6) is -1.03. The quantitative estimate of drug-likeness (QED) is 0.549. The highest BCUT2D eigenvalue weighted by Gasteiger charge is 2.34. The summed E-state index contributed by atoms with van der Waals surface area (Å²) in [4.78, 5) is 23.3. The Balaban J connectivity index is 4.57. The van der Waals surface area contributed by atoms with Crippen LogP contribution in [-0.4, -0.2) is 23.6 Å². The molecule has 4 nitrogen and oxygen atoms in total. The Morgan fingerprint density at radius 3 is 2.29 bits per heavy atom. The molecule has 0 aromatic rings. The molecule has 0 N–H and O–H groups in total. The van der Waals surface area contributed by atoms with E-state index in [1.807, 2.05) is 6.92 Å². The predicted molar refractivity (Wildman–Crippen MR) is 65.4 cm³/mol. The van der Waals surface area contributed by atoms with E-state index >= 15 is 0 Å². The van der Waals surface area contributed by atoms with Crippen LogP contribution in [0.1, 0.15) is 48.0 Å². The molecule has 1 atom stereocenters. The van der Waals surface area contributed by atoms with Gasteiger partial charge in [-0.3, -0.25) is 0 Å². The molecular formula is C13H22O4. The Morgan fingerprint density at radius 2 is 1.88 bits per heavy atom. The van der Waals surface area contributed by atoms with Gasteiger partial charge < -0.3 is 9.47 Å². The summed E-state index contributed by atoms with van der Waals surface area (Å²) in [6.45, 7) is 10.1. The van der Waals surface area contributed by atoms with Crippen molar-refractivity contribution >= 4 is 11.9 Å². The first-order chi connectivity index (χ1) is 7.74. The number of rotatable bonds is 5. The molecule has 0 aliphatic carbocycles. The summed E-state index contributed by atoms with van der Waals surface area (Å²) in [6.07, 6.45) is 2.19. The van der Waals surface area contributed by atoms with Crippen LogP contribution in [0, 0.1) is 0 Å². The SMILES string of the molecule is CC=C(C)C(=O)OC(C)(C)C(=O)OC(C)CC. The van der Waals surface area contributed by atoms with E-state index in [1.54, 1.807) is 26.8 Å². The fraction of sp³-hybridized carbons (Fsp3) is 0.692. The number of esters is 2. The molecule has 0 aromatic carbocycles.